The van der Waals surface area contributed by atoms with Crippen LogP contribution in [-0.4, -0.2) is 72.9 Å². The molecule has 3 rings (SSSR count). The minimum Gasteiger partial charge on any atom is -0.394 e. The summed E-state index contributed by atoms with van der Waals surface area (Å²) in [5.74, 6) is 0.986. The molecule has 2 saturated heterocycles. The number of aliphatic hydroxyl groups is 1. The Morgan fingerprint density at radius 3 is 2.62 bits per heavy atom. The van der Waals surface area contributed by atoms with Crippen molar-refractivity contribution in [2.75, 3.05) is 56.2 Å². The van der Waals surface area contributed by atoms with Gasteiger partial charge in [-0.2, -0.15) is 0 Å². The zero-order valence-corrected chi connectivity index (χ0v) is 15.4. The summed E-state index contributed by atoms with van der Waals surface area (Å²) in [6.45, 7) is 4.66. The Morgan fingerprint density at radius 1 is 1.19 bits per heavy atom. The van der Waals surface area contributed by atoms with E-state index in [1.54, 1.807) is 6.20 Å². The van der Waals surface area contributed by atoms with E-state index in [-0.39, 0.29) is 18.6 Å². The van der Waals surface area contributed by atoms with Crippen molar-refractivity contribution in [1.29, 1.82) is 0 Å². The Morgan fingerprint density at radius 2 is 1.96 bits per heavy atom. The minimum absolute atomic E-state index is 0.00718. The number of likely N-dealkylation sites (tertiary alicyclic amines) is 1. The summed E-state index contributed by atoms with van der Waals surface area (Å²) < 4.78 is 5.55. The van der Waals surface area contributed by atoms with E-state index in [0.29, 0.717) is 13.2 Å². The third-order valence-corrected chi connectivity index (χ3v) is 5.06. The van der Waals surface area contributed by atoms with Gasteiger partial charge in [-0.25, -0.2) is 4.98 Å². The van der Waals surface area contributed by atoms with Crippen molar-refractivity contribution in [2.45, 2.75) is 38.2 Å². The summed E-state index contributed by atoms with van der Waals surface area (Å²) >= 11 is 0. The molecule has 2 N–H and O–H groups in total. The molecule has 0 bridgehead atoms. The number of aromatic nitrogens is 1. The van der Waals surface area contributed by atoms with Gasteiger partial charge in [0, 0.05) is 26.2 Å². The van der Waals surface area contributed by atoms with Crippen molar-refractivity contribution in [1.82, 2.24) is 9.88 Å². The molecule has 1 amide bonds. The molecule has 2 aliphatic rings. The number of carbonyl (C=O) groups excluding carboxylic acids is 1. The van der Waals surface area contributed by atoms with E-state index in [1.807, 2.05) is 12.1 Å². The average molecular weight is 362 g/mol. The molecule has 2 aliphatic heterocycles. The molecule has 0 aliphatic carbocycles. The van der Waals surface area contributed by atoms with Gasteiger partial charge in [-0.15, -0.1) is 0 Å². The van der Waals surface area contributed by atoms with Crippen molar-refractivity contribution in [3.05, 3.63) is 18.3 Å². The van der Waals surface area contributed by atoms with Crippen molar-refractivity contribution >= 4 is 17.4 Å². The lowest BCUT2D eigenvalue weighted by molar-refractivity contribution is -0.118. The van der Waals surface area contributed by atoms with Gasteiger partial charge in [0.15, 0.2) is 0 Å². The van der Waals surface area contributed by atoms with Gasteiger partial charge < -0.3 is 20.1 Å². The second-order valence-electron chi connectivity index (χ2n) is 7.07. The highest BCUT2D eigenvalue weighted by molar-refractivity contribution is 5.92. The van der Waals surface area contributed by atoms with E-state index in [0.717, 1.165) is 50.5 Å². The van der Waals surface area contributed by atoms with Crippen LogP contribution < -0.4 is 10.2 Å². The molecule has 0 saturated carbocycles. The van der Waals surface area contributed by atoms with Crippen LogP contribution in [0.3, 0.4) is 0 Å². The minimum atomic E-state index is -0.00718. The number of nitrogens with zero attached hydrogens (tertiary/aromatic N) is 3. The topological polar surface area (TPSA) is 77.9 Å². The van der Waals surface area contributed by atoms with Gasteiger partial charge in [0.2, 0.25) is 5.91 Å². The van der Waals surface area contributed by atoms with Crippen LogP contribution >= 0.6 is 0 Å². The van der Waals surface area contributed by atoms with Gasteiger partial charge in [0.1, 0.15) is 5.82 Å². The summed E-state index contributed by atoms with van der Waals surface area (Å²) in [5, 5.41) is 11.7. The molecule has 0 atom stereocenters. The number of nitrogens with one attached hydrogen (secondary N) is 1. The number of aliphatic hydroxyl groups excluding tert-OH is 1. The van der Waals surface area contributed by atoms with Crippen molar-refractivity contribution in [3.8, 4) is 0 Å². The molecule has 0 aromatic carbocycles. The van der Waals surface area contributed by atoms with E-state index in [9.17, 15) is 4.79 Å². The molecule has 2 fully saturated rings. The van der Waals surface area contributed by atoms with Crippen molar-refractivity contribution in [2.24, 2.45) is 0 Å². The second-order valence-corrected chi connectivity index (χ2v) is 7.07. The van der Waals surface area contributed by atoms with Crippen LogP contribution in [0.4, 0.5) is 11.5 Å². The predicted octanol–water partition coefficient (Wildman–Crippen LogP) is 1.48. The molecule has 144 valence electrons. The maximum absolute atomic E-state index is 12.3. The van der Waals surface area contributed by atoms with E-state index in [4.69, 9.17) is 9.84 Å². The summed E-state index contributed by atoms with van der Waals surface area (Å²) in [5.41, 5.74) is 0.747. The first-order valence-electron chi connectivity index (χ1n) is 9.70. The SMILES string of the molecule is O=C(CN1CCC(OCCO)CC1)Nc1ccc(N2CCCCC2)nc1. The average Bonchev–Trinajstić information content (AvgIpc) is 2.69. The van der Waals surface area contributed by atoms with Gasteiger partial charge in [-0.05, 0) is 44.2 Å². The molecule has 0 spiro atoms. The quantitative estimate of drug-likeness (QED) is 0.765. The fourth-order valence-electron chi connectivity index (χ4n) is 3.63. The zero-order valence-electron chi connectivity index (χ0n) is 15.4. The molecule has 26 heavy (non-hydrogen) atoms. The first kappa shape index (κ1) is 19.1. The van der Waals surface area contributed by atoms with Crippen LogP contribution in [0.2, 0.25) is 0 Å². The van der Waals surface area contributed by atoms with Gasteiger partial charge in [-0.1, -0.05) is 0 Å². The number of piperidine rings is 2. The van der Waals surface area contributed by atoms with Crippen LogP contribution in [0.1, 0.15) is 32.1 Å². The molecule has 1 aromatic rings. The van der Waals surface area contributed by atoms with Crippen LogP contribution in [0, 0.1) is 0 Å². The van der Waals surface area contributed by atoms with Crippen LogP contribution in [0.5, 0.6) is 0 Å². The number of carbonyl (C=O) groups is 1. The van der Waals surface area contributed by atoms with E-state index in [1.165, 1.54) is 19.3 Å². The first-order chi connectivity index (χ1) is 12.7. The Bertz CT molecular complexity index is 552. The number of anilines is 2. The third-order valence-electron chi connectivity index (χ3n) is 5.06. The highest BCUT2D eigenvalue weighted by Crippen LogP contribution is 2.19. The molecular formula is C19H30N4O3. The summed E-state index contributed by atoms with van der Waals surface area (Å²) in [6.07, 6.45) is 7.50. The Labute approximate surface area is 155 Å². The number of amides is 1. The third kappa shape index (κ3) is 5.65. The summed E-state index contributed by atoms with van der Waals surface area (Å²) in [4.78, 5) is 21.2. The number of pyridine rings is 1. The maximum atomic E-state index is 12.3. The molecule has 7 heteroatoms. The monoisotopic (exact) mass is 362 g/mol. The smallest absolute Gasteiger partial charge is 0.238 e. The number of ether oxygens (including phenoxy) is 1. The maximum Gasteiger partial charge on any atom is 0.238 e. The van der Waals surface area contributed by atoms with Crippen LogP contribution in [-0.2, 0) is 9.53 Å². The van der Waals surface area contributed by atoms with Crippen LogP contribution in [0.25, 0.3) is 0 Å². The van der Waals surface area contributed by atoms with E-state index < -0.39 is 0 Å². The molecular weight excluding hydrogens is 332 g/mol. The lowest BCUT2D eigenvalue weighted by Gasteiger charge is -2.31. The second kappa shape index (κ2) is 9.85. The zero-order chi connectivity index (χ0) is 18.2. The molecule has 0 radical (unpaired) electrons. The predicted molar refractivity (Wildman–Crippen MR) is 101 cm³/mol. The largest absolute Gasteiger partial charge is 0.394 e. The van der Waals surface area contributed by atoms with Crippen molar-refractivity contribution in [3.63, 3.8) is 0 Å². The first-order valence-corrected chi connectivity index (χ1v) is 9.70. The molecule has 1 aromatic heterocycles. The molecule has 3 heterocycles. The Hall–Kier alpha value is -1.70. The van der Waals surface area contributed by atoms with Crippen molar-refractivity contribution < 1.29 is 14.6 Å². The lowest BCUT2D eigenvalue weighted by atomic mass is 10.1. The van der Waals surface area contributed by atoms with E-state index >= 15 is 0 Å². The normalized spacial score (nSPS) is 19.5. The fourth-order valence-corrected chi connectivity index (χ4v) is 3.63. The van der Waals surface area contributed by atoms with Gasteiger partial charge >= 0.3 is 0 Å². The highest BCUT2D eigenvalue weighted by Gasteiger charge is 2.21. The number of hydrogen-bond acceptors (Lipinski definition) is 6. The fraction of sp³-hybridized carbons (Fsp3) is 0.684. The molecule has 7 nitrogen and oxygen atoms in total. The highest BCUT2D eigenvalue weighted by atomic mass is 16.5. The summed E-state index contributed by atoms with van der Waals surface area (Å²) in [7, 11) is 0. The Balaban J connectivity index is 1.41. The van der Waals surface area contributed by atoms with Gasteiger partial charge in [-0.3, -0.25) is 9.69 Å². The Kier molecular flexibility index (Phi) is 7.22. The number of hydrogen-bond donors (Lipinski definition) is 2. The van der Waals surface area contributed by atoms with E-state index in [2.05, 4.69) is 20.1 Å². The standard InChI is InChI=1S/C19H30N4O3/c24-12-13-26-17-6-10-22(11-7-17)15-19(25)21-16-4-5-18(20-14-16)23-8-2-1-3-9-23/h4-5,14,17,24H,1-3,6-13,15H2,(H,21,25). The number of rotatable bonds is 7. The summed E-state index contributed by atoms with van der Waals surface area (Å²) in [6, 6.07) is 3.93. The van der Waals surface area contributed by atoms with Crippen LogP contribution in [0.15, 0.2) is 18.3 Å². The molecule has 0 unspecified atom stereocenters. The van der Waals surface area contributed by atoms with Gasteiger partial charge in [0.05, 0.1) is 37.7 Å². The van der Waals surface area contributed by atoms with Gasteiger partial charge in [0.25, 0.3) is 0 Å². The lowest BCUT2D eigenvalue weighted by Crippen LogP contribution is -2.41.